The zero-order valence-electron chi connectivity index (χ0n) is 12.0. The Morgan fingerprint density at radius 3 is 2.95 bits per heavy atom. The number of anilines is 2. The van der Waals surface area contributed by atoms with Crippen LogP contribution in [0.15, 0.2) is 12.3 Å². The van der Waals surface area contributed by atoms with E-state index in [9.17, 15) is 0 Å². The smallest absolute Gasteiger partial charge is 0.128 e. The molecule has 2 aliphatic heterocycles. The van der Waals surface area contributed by atoms with Gasteiger partial charge in [-0.25, -0.2) is 4.98 Å². The fourth-order valence-electron chi connectivity index (χ4n) is 3.59. The summed E-state index contributed by atoms with van der Waals surface area (Å²) in [6.45, 7) is 5.58. The van der Waals surface area contributed by atoms with E-state index in [1.54, 1.807) is 6.20 Å². The van der Waals surface area contributed by atoms with Gasteiger partial charge in [-0.1, -0.05) is 0 Å². The van der Waals surface area contributed by atoms with E-state index in [-0.39, 0.29) is 0 Å². The molecule has 0 amide bonds. The summed E-state index contributed by atoms with van der Waals surface area (Å²) in [5, 5.41) is 0. The molecule has 3 heterocycles. The molecule has 4 heteroatoms. The lowest BCUT2D eigenvalue weighted by molar-refractivity contribution is 0.102. The second-order valence-corrected chi connectivity index (χ2v) is 6.08. The SMILES string of the molecule is Cc1cc(N2CCC3C(CCCN3C)C2)ncc1N. The molecule has 2 aliphatic rings. The summed E-state index contributed by atoms with van der Waals surface area (Å²) in [4.78, 5) is 9.49. The maximum atomic E-state index is 5.85. The van der Waals surface area contributed by atoms with Crippen molar-refractivity contribution in [3.8, 4) is 0 Å². The fourth-order valence-corrected chi connectivity index (χ4v) is 3.59. The number of hydrogen-bond acceptors (Lipinski definition) is 4. The molecule has 0 bridgehead atoms. The average molecular weight is 260 g/mol. The highest BCUT2D eigenvalue weighted by Gasteiger charge is 2.34. The van der Waals surface area contributed by atoms with Gasteiger partial charge in [-0.15, -0.1) is 0 Å². The third-order valence-electron chi connectivity index (χ3n) is 4.81. The number of nitrogens with two attached hydrogens (primary N) is 1. The highest BCUT2D eigenvalue weighted by molar-refractivity contribution is 5.52. The van der Waals surface area contributed by atoms with Crippen molar-refractivity contribution in [2.45, 2.75) is 32.2 Å². The summed E-state index contributed by atoms with van der Waals surface area (Å²) in [5.74, 6) is 1.89. The van der Waals surface area contributed by atoms with Crippen LogP contribution in [0, 0.1) is 12.8 Å². The van der Waals surface area contributed by atoms with Crippen LogP contribution in [0.3, 0.4) is 0 Å². The van der Waals surface area contributed by atoms with Crippen LogP contribution in [0.4, 0.5) is 11.5 Å². The Kier molecular flexibility index (Phi) is 3.35. The molecule has 104 valence electrons. The van der Waals surface area contributed by atoms with E-state index in [4.69, 9.17) is 5.73 Å². The van der Waals surface area contributed by atoms with Gasteiger partial charge in [-0.2, -0.15) is 0 Å². The number of pyridine rings is 1. The number of fused-ring (bicyclic) bond motifs is 1. The normalized spacial score (nSPS) is 28.2. The molecule has 0 saturated carbocycles. The van der Waals surface area contributed by atoms with Gasteiger partial charge in [0.15, 0.2) is 0 Å². The molecule has 0 aliphatic carbocycles. The van der Waals surface area contributed by atoms with Crippen LogP contribution in [-0.2, 0) is 0 Å². The molecule has 0 aromatic carbocycles. The molecule has 2 N–H and O–H groups in total. The van der Waals surface area contributed by atoms with Gasteiger partial charge >= 0.3 is 0 Å². The van der Waals surface area contributed by atoms with Gasteiger partial charge in [-0.3, -0.25) is 0 Å². The maximum absolute atomic E-state index is 5.85. The van der Waals surface area contributed by atoms with Crippen LogP contribution in [0.2, 0.25) is 0 Å². The minimum atomic E-state index is 0.778. The predicted molar refractivity (Wildman–Crippen MR) is 79.4 cm³/mol. The van der Waals surface area contributed by atoms with Crippen molar-refractivity contribution in [3.05, 3.63) is 17.8 Å². The average Bonchev–Trinajstić information content (AvgIpc) is 2.42. The summed E-state index contributed by atoms with van der Waals surface area (Å²) < 4.78 is 0. The number of nitrogens with zero attached hydrogens (tertiary/aromatic N) is 3. The van der Waals surface area contributed by atoms with Crippen molar-refractivity contribution >= 4 is 11.5 Å². The largest absolute Gasteiger partial charge is 0.397 e. The van der Waals surface area contributed by atoms with E-state index in [1.807, 2.05) is 0 Å². The van der Waals surface area contributed by atoms with E-state index < -0.39 is 0 Å². The quantitative estimate of drug-likeness (QED) is 0.837. The molecule has 4 nitrogen and oxygen atoms in total. The monoisotopic (exact) mass is 260 g/mol. The molecule has 0 spiro atoms. The molecule has 2 atom stereocenters. The van der Waals surface area contributed by atoms with Crippen LogP contribution in [0.5, 0.6) is 0 Å². The maximum Gasteiger partial charge on any atom is 0.128 e. The Labute approximate surface area is 115 Å². The lowest BCUT2D eigenvalue weighted by atomic mass is 9.84. The van der Waals surface area contributed by atoms with Gasteiger partial charge in [0, 0.05) is 19.1 Å². The Morgan fingerprint density at radius 2 is 2.16 bits per heavy atom. The summed E-state index contributed by atoms with van der Waals surface area (Å²) in [6.07, 6.45) is 5.75. The summed E-state index contributed by atoms with van der Waals surface area (Å²) in [6, 6.07) is 2.90. The lowest BCUT2D eigenvalue weighted by Crippen LogP contribution is -2.52. The first kappa shape index (κ1) is 12.7. The molecule has 0 radical (unpaired) electrons. The zero-order valence-corrected chi connectivity index (χ0v) is 12.0. The van der Waals surface area contributed by atoms with E-state index >= 15 is 0 Å². The van der Waals surface area contributed by atoms with Crippen molar-refractivity contribution in [1.82, 2.24) is 9.88 Å². The second kappa shape index (κ2) is 5.00. The first-order chi connectivity index (χ1) is 9.15. The summed E-state index contributed by atoms with van der Waals surface area (Å²) in [7, 11) is 2.28. The number of aryl methyl sites for hydroxylation is 1. The standard InChI is InChI=1S/C15H24N4/c1-11-8-15(17-9-13(11)16)19-7-5-14-12(10-19)4-3-6-18(14)2/h8-9,12,14H,3-7,10,16H2,1-2H3. The van der Waals surface area contributed by atoms with Gasteiger partial charge in [-0.05, 0) is 57.3 Å². The molecular formula is C15H24N4. The second-order valence-electron chi connectivity index (χ2n) is 6.08. The van der Waals surface area contributed by atoms with E-state index in [2.05, 4.69) is 34.8 Å². The Morgan fingerprint density at radius 1 is 1.32 bits per heavy atom. The molecule has 19 heavy (non-hydrogen) atoms. The van der Waals surface area contributed by atoms with Crippen molar-refractivity contribution in [2.75, 3.05) is 37.3 Å². The Hall–Kier alpha value is -1.29. The predicted octanol–water partition coefficient (Wildman–Crippen LogP) is 1.89. The van der Waals surface area contributed by atoms with Crippen LogP contribution < -0.4 is 10.6 Å². The first-order valence-corrected chi connectivity index (χ1v) is 7.32. The van der Waals surface area contributed by atoms with Crippen molar-refractivity contribution in [3.63, 3.8) is 0 Å². The van der Waals surface area contributed by atoms with Gasteiger partial charge in [0.05, 0.1) is 11.9 Å². The van der Waals surface area contributed by atoms with Crippen LogP contribution in [0.25, 0.3) is 0 Å². The number of likely N-dealkylation sites (tertiary alicyclic amines) is 1. The molecule has 2 unspecified atom stereocenters. The zero-order chi connectivity index (χ0) is 13.4. The molecule has 2 fully saturated rings. The number of aromatic nitrogens is 1. The summed E-state index contributed by atoms with van der Waals surface area (Å²) >= 11 is 0. The fraction of sp³-hybridized carbons (Fsp3) is 0.667. The van der Waals surface area contributed by atoms with Crippen LogP contribution >= 0.6 is 0 Å². The number of nitrogen functional groups attached to an aromatic ring is 1. The Balaban J connectivity index is 1.75. The third-order valence-corrected chi connectivity index (χ3v) is 4.81. The van der Waals surface area contributed by atoms with Crippen molar-refractivity contribution in [2.24, 2.45) is 5.92 Å². The van der Waals surface area contributed by atoms with Gasteiger partial charge in [0.25, 0.3) is 0 Å². The van der Waals surface area contributed by atoms with Crippen LogP contribution in [-0.4, -0.2) is 42.6 Å². The number of hydrogen-bond donors (Lipinski definition) is 1. The number of piperidine rings is 2. The Bertz CT molecular complexity index is 459. The highest BCUT2D eigenvalue weighted by Crippen LogP contribution is 2.31. The number of rotatable bonds is 1. The van der Waals surface area contributed by atoms with Crippen molar-refractivity contribution < 1.29 is 0 Å². The van der Waals surface area contributed by atoms with E-state index in [0.717, 1.165) is 42.1 Å². The molecule has 2 saturated heterocycles. The summed E-state index contributed by atoms with van der Waals surface area (Å²) in [5.41, 5.74) is 7.78. The third kappa shape index (κ3) is 2.41. The lowest BCUT2D eigenvalue weighted by Gasteiger charge is -2.46. The van der Waals surface area contributed by atoms with E-state index in [0.29, 0.717) is 0 Å². The minimum Gasteiger partial charge on any atom is -0.397 e. The van der Waals surface area contributed by atoms with E-state index in [1.165, 1.54) is 25.8 Å². The molecule has 3 rings (SSSR count). The van der Waals surface area contributed by atoms with Gasteiger partial charge in [0.2, 0.25) is 0 Å². The minimum absolute atomic E-state index is 0.778. The first-order valence-electron chi connectivity index (χ1n) is 7.32. The van der Waals surface area contributed by atoms with Crippen molar-refractivity contribution in [1.29, 1.82) is 0 Å². The molecule has 1 aromatic heterocycles. The topological polar surface area (TPSA) is 45.4 Å². The molecular weight excluding hydrogens is 236 g/mol. The van der Waals surface area contributed by atoms with Crippen LogP contribution in [0.1, 0.15) is 24.8 Å². The molecule has 1 aromatic rings. The highest BCUT2D eigenvalue weighted by atomic mass is 15.2. The van der Waals surface area contributed by atoms with Gasteiger partial charge in [0.1, 0.15) is 5.82 Å². The van der Waals surface area contributed by atoms with Gasteiger partial charge < -0.3 is 15.5 Å².